The van der Waals surface area contributed by atoms with Gasteiger partial charge in [-0.05, 0) is 23.8 Å². The van der Waals surface area contributed by atoms with Crippen LogP contribution in [0.2, 0.25) is 0 Å². The number of nitrogens with zero attached hydrogens (tertiary/aromatic N) is 3. The summed E-state index contributed by atoms with van der Waals surface area (Å²) in [6, 6.07) is 4.86. The molecule has 128 valence electrons. The number of fused-ring (bicyclic) bond motifs is 1. The fourth-order valence-corrected chi connectivity index (χ4v) is 3.24. The van der Waals surface area contributed by atoms with Crippen molar-refractivity contribution in [1.29, 1.82) is 0 Å². The SMILES string of the molecule is COc1nc(CNS(=O)(=O)c2ccc3c(c2)CCO3)nc(OC)n1. The number of methoxy groups -OCH3 is 2. The fourth-order valence-electron chi connectivity index (χ4n) is 2.21. The molecule has 1 aliphatic heterocycles. The molecule has 0 saturated heterocycles. The van der Waals surface area contributed by atoms with Gasteiger partial charge >= 0.3 is 12.0 Å². The maximum Gasteiger partial charge on any atom is 0.322 e. The average Bonchev–Trinajstić information content (AvgIpc) is 3.07. The third-order valence-electron chi connectivity index (χ3n) is 3.40. The first-order chi connectivity index (χ1) is 11.5. The van der Waals surface area contributed by atoms with E-state index >= 15 is 0 Å². The first kappa shape index (κ1) is 16.4. The number of hydrogen-bond donors (Lipinski definition) is 1. The lowest BCUT2D eigenvalue weighted by atomic mass is 10.2. The quantitative estimate of drug-likeness (QED) is 0.790. The van der Waals surface area contributed by atoms with Gasteiger partial charge in [0, 0.05) is 6.42 Å². The molecule has 0 amide bonds. The van der Waals surface area contributed by atoms with E-state index in [4.69, 9.17) is 14.2 Å². The second-order valence-corrected chi connectivity index (χ2v) is 6.68. The van der Waals surface area contributed by atoms with Crippen molar-refractivity contribution in [2.24, 2.45) is 0 Å². The summed E-state index contributed by atoms with van der Waals surface area (Å²) in [6.07, 6.45) is 0.695. The molecule has 1 aliphatic rings. The molecule has 2 aromatic rings. The Morgan fingerprint density at radius 2 is 1.88 bits per heavy atom. The van der Waals surface area contributed by atoms with E-state index < -0.39 is 10.0 Å². The second kappa shape index (κ2) is 6.57. The van der Waals surface area contributed by atoms with Gasteiger partial charge in [0.1, 0.15) is 5.75 Å². The van der Waals surface area contributed by atoms with Crippen LogP contribution in [0.25, 0.3) is 0 Å². The van der Waals surface area contributed by atoms with Crippen molar-refractivity contribution < 1.29 is 22.6 Å². The van der Waals surface area contributed by atoms with Crippen molar-refractivity contribution in [2.75, 3.05) is 20.8 Å². The van der Waals surface area contributed by atoms with Gasteiger partial charge in [-0.3, -0.25) is 0 Å². The maximum absolute atomic E-state index is 12.4. The molecule has 0 radical (unpaired) electrons. The highest BCUT2D eigenvalue weighted by molar-refractivity contribution is 7.89. The molecule has 1 aromatic carbocycles. The van der Waals surface area contributed by atoms with E-state index in [0.717, 1.165) is 11.3 Å². The Labute approximate surface area is 139 Å². The van der Waals surface area contributed by atoms with Crippen LogP contribution in [0, 0.1) is 0 Å². The van der Waals surface area contributed by atoms with Gasteiger partial charge in [0.25, 0.3) is 0 Å². The van der Waals surface area contributed by atoms with Gasteiger partial charge < -0.3 is 14.2 Å². The molecule has 0 unspecified atom stereocenters. The van der Waals surface area contributed by atoms with Crippen molar-refractivity contribution in [2.45, 2.75) is 17.9 Å². The highest BCUT2D eigenvalue weighted by Gasteiger charge is 2.20. The first-order valence-electron chi connectivity index (χ1n) is 7.10. The van der Waals surface area contributed by atoms with Gasteiger partial charge in [-0.15, -0.1) is 4.98 Å². The molecule has 0 fully saturated rings. The topological polar surface area (TPSA) is 113 Å². The zero-order chi connectivity index (χ0) is 17.2. The molecule has 0 bridgehead atoms. The predicted molar refractivity (Wildman–Crippen MR) is 82.6 cm³/mol. The monoisotopic (exact) mass is 352 g/mol. The molecular formula is C14H16N4O5S. The number of hydrogen-bond acceptors (Lipinski definition) is 8. The number of aromatic nitrogens is 3. The Balaban J connectivity index is 1.78. The summed E-state index contributed by atoms with van der Waals surface area (Å²) in [5.41, 5.74) is 0.876. The molecule has 10 heteroatoms. The van der Waals surface area contributed by atoms with E-state index in [0.29, 0.717) is 13.0 Å². The van der Waals surface area contributed by atoms with Crippen LogP contribution in [0.3, 0.4) is 0 Å². The number of sulfonamides is 1. The summed E-state index contributed by atoms with van der Waals surface area (Å²) in [5, 5.41) is 0. The van der Waals surface area contributed by atoms with Crippen LogP contribution < -0.4 is 18.9 Å². The van der Waals surface area contributed by atoms with Crippen LogP contribution in [-0.4, -0.2) is 44.2 Å². The van der Waals surface area contributed by atoms with Gasteiger partial charge in [0.2, 0.25) is 10.0 Å². The molecule has 1 aromatic heterocycles. The molecule has 9 nitrogen and oxygen atoms in total. The van der Waals surface area contributed by atoms with Gasteiger partial charge in [-0.25, -0.2) is 13.1 Å². The third-order valence-corrected chi connectivity index (χ3v) is 4.80. The third kappa shape index (κ3) is 3.39. The number of benzene rings is 1. The van der Waals surface area contributed by atoms with Gasteiger partial charge in [-0.1, -0.05) is 0 Å². The van der Waals surface area contributed by atoms with Crippen LogP contribution in [-0.2, 0) is 23.0 Å². The van der Waals surface area contributed by atoms with Gasteiger partial charge in [-0.2, -0.15) is 9.97 Å². The minimum atomic E-state index is -3.71. The Morgan fingerprint density at radius 1 is 1.17 bits per heavy atom. The standard InChI is InChI=1S/C14H16N4O5S/c1-21-13-16-12(17-14(18-13)22-2)8-15-24(19,20)10-3-4-11-9(7-10)5-6-23-11/h3-4,7,15H,5-6,8H2,1-2H3. The van der Waals surface area contributed by atoms with Crippen molar-refractivity contribution in [3.05, 3.63) is 29.6 Å². The Kier molecular flexibility index (Phi) is 4.49. The largest absolute Gasteiger partial charge is 0.493 e. The molecule has 0 atom stereocenters. The summed E-state index contributed by atoms with van der Waals surface area (Å²) in [4.78, 5) is 12.0. The molecule has 24 heavy (non-hydrogen) atoms. The lowest BCUT2D eigenvalue weighted by molar-refractivity contribution is 0.336. The number of rotatable bonds is 6. The van der Waals surface area contributed by atoms with E-state index in [1.807, 2.05) is 0 Å². The summed E-state index contributed by atoms with van der Waals surface area (Å²) in [6.45, 7) is 0.446. The molecule has 0 saturated carbocycles. The molecular weight excluding hydrogens is 336 g/mol. The summed E-state index contributed by atoms with van der Waals surface area (Å²) in [7, 11) is -0.910. The van der Waals surface area contributed by atoms with Crippen molar-refractivity contribution in [1.82, 2.24) is 19.7 Å². The Morgan fingerprint density at radius 3 is 2.54 bits per heavy atom. The van der Waals surface area contributed by atoms with Gasteiger partial charge in [0.15, 0.2) is 5.82 Å². The summed E-state index contributed by atoms with van der Waals surface area (Å²) < 4.78 is 42.5. The molecule has 3 rings (SSSR count). The minimum Gasteiger partial charge on any atom is -0.493 e. The highest BCUT2D eigenvalue weighted by Crippen LogP contribution is 2.27. The number of nitrogens with one attached hydrogen (secondary N) is 1. The summed E-state index contributed by atoms with van der Waals surface area (Å²) in [5.74, 6) is 0.910. The van der Waals surface area contributed by atoms with E-state index in [2.05, 4.69) is 19.7 Å². The molecule has 1 N–H and O–H groups in total. The highest BCUT2D eigenvalue weighted by atomic mass is 32.2. The summed E-state index contributed by atoms with van der Waals surface area (Å²) >= 11 is 0. The van der Waals surface area contributed by atoms with Gasteiger partial charge in [0.05, 0.1) is 32.3 Å². The first-order valence-corrected chi connectivity index (χ1v) is 8.58. The van der Waals surface area contributed by atoms with Crippen LogP contribution >= 0.6 is 0 Å². The zero-order valence-electron chi connectivity index (χ0n) is 13.1. The van der Waals surface area contributed by atoms with E-state index in [1.54, 1.807) is 12.1 Å². The van der Waals surface area contributed by atoms with Crippen LogP contribution in [0.15, 0.2) is 23.1 Å². The van der Waals surface area contributed by atoms with E-state index in [9.17, 15) is 8.42 Å². The average molecular weight is 352 g/mol. The fraction of sp³-hybridized carbons (Fsp3) is 0.357. The maximum atomic E-state index is 12.4. The van der Waals surface area contributed by atoms with E-state index in [-0.39, 0.29) is 29.3 Å². The Bertz CT molecular complexity index is 834. The lowest BCUT2D eigenvalue weighted by Crippen LogP contribution is -2.24. The molecule has 2 heterocycles. The normalized spacial score (nSPS) is 13.2. The van der Waals surface area contributed by atoms with Crippen molar-refractivity contribution in [3.8, 4) is 17.8 Å². The minimum absolute atomic E-state index is 0.0470. The van der Waals surface area contributed by atoms with Crippen LogP contribution in [0.1, 0.15) is 11.4 Å². The second-order valence-electron chi connectivity index (χ2n) is 4.92. The molecule has 0 aliphatic carbocycles. The lowest BCUT2D eigenvalue weighted by Gasteiger charge is -2.08. The zero-order valence-corrected chi connectivity index (χ0v) is 14.0. The van der Waals surface area contributed by atoms with Crippen molar-refractivity contribution in [3.63, 3.8) is 0 Å². The smallest absolute Gasteiger partial charge is 0.322 e. The Hall–Kier alpha value is -2.46. The van der Waals surface area contributed by atoms with Crippen LogP contribution in [0.5, 0.6) is 17.8 Å². The number of ether oxygens (including phenoxy) is 3. The van der Waals surface area contributed by atoms with Crippen LogP contribution in [0.4, 0.5) is 0 Å². The van der Waals surface area contributed by atoms with Crippen molar-refractivity contribution >= 4 is 10.0 Å². The molecule has 0 spiro atoms. The van der Waals surface area contributed by atoms with E-state index in [1.165, 1.54) is 20.3 Å². The predicted octanol–water partition coefficient (Wildman–Crippen LogP) is 0.302.